The van der Waals surface area contributed by atoms with Gasteiger partial charge in [0, 0.05) is 18.5 Å². The number of hydrogen-bond donors (Lipinski definition) is 1. The van der Waals surface area contributed by atoms with Crippen LogP contribution in [0.1, 0.15) is 54.5 Å². The molecule has 3 rings (SSSR count). The summed E-state index contributed by atoms with van der Waals surface area (Å²) >= 11 is 0. The van der Waals surface area contributed by atoms with Crippen LogP contribution < -0.4 is 10.1 Å². The Morgan fingerprint density at radius 3 is 2.33 bits per heavy atom. The van der Waals surface area contributed by atoms with E-state index in [-0.39, 0.29) is 17.6 Å². The van der Waals surface area contributed by atoms with Crippen LogP contribution in [-0.4, -0.2) is 36.4 Å². The number of ether oxygens (including phenoxy) is 1. The molecule has 0 aliphatic carbocycles. The van der Waals surface area contributed by atoms with E-state index >= 15 is 0 Å². The number of rotatable bonds is 9. The number of para-hydroxylation sites is 2. The number of nitrogens with zero attached hydrogens (tertiary/aromatic N) is 1. The number of carbonyl (C=O) groups excluding carboxylic acids is 2. The van der Waals surface area contributed by atoms with Gasteiger partial charge in [0.1, 0.15) is 17.0 Å². The van der Waals surface area contributed by atoms with Gasteiger partial charge in [-0.1, -0.05) is 38.1 Å². The lowest BCUT2D eigenvalue weighted by atomic mass is 10.1. The van der Waals surface area contributed by atoms with Gasteiger partial charge in [0.25, 0.3) is 11.8 Å². The van der Waals surface area contributed by atoms with Gasteiger partial charge in [0.15, 0.2) is 0 Å². The maximum absolute atomic E-state index is 13.3. The van der Waals surface area contributed by atoms with E-state index in [2.05, 4.69) is 5.32 Å². The molecule has 1 N–H and O–H groups in total. The predicted molar refractivity (Wildman–Crippen MR) is 118 cm³/mol. The predicted octanol–water partition coefficient (Wildman–Crippen LogP) is 5.35. The number of anilines is 1. The van der Waals surface area contributed by atoms with Crippen LogP contribution >= 0.6 is 0 Å². The van der Waals surface area contributed by atoms with Gasteiger partial charge in [-0.25, -0.2) is 0 Å². The lowest BCUT2D eigenvalue weighted by Crippen LogP contribution is -2.32. The van der Waals surface area contributed by atoms with Gasteiger partial charge < -0.3 is 19.4 Å². The fourth-order valence-electron chi connectivity index (χ4n) is 3.43. The molecule has 2 aromatic carbocycles. The van der Waals surface area contributed by atoms with Crippen LogP contribution in [0.3, 0.4) is 0 Å². The van der Waals surface area contributed by atoms with Crippen molar-refractivity contribution < 1.29 is 18.7 Å². The summed E-state index contributed by atoms with van der Waals surface area (Å²) in [5.74, 6) is 0.0811. The molecule has 0 saturated heterocycles. The van der Waals surface area contributed by atoms with Crippen molar-refractivity contribution in [3.63, 3.8) is 0 Å². The van der Waals surface area contributed by atoms with Gasteiger partial charge in [0.05, 0.1) is 12.2 Å². The molecule has 0 fully saturated rings. The Hall–Kier alpha value is -3.28. The molecule has 0 unspecified atom stereocenters. The third kappa shape index (κ3) is 4.48. The third-order valence-corrected chi connectivity index (χ3v) is 4.73. The van der Waals surface area contributed by atoms with Crippen molar-refractivity contribution in [3.8, 4) is 5.75 Å². The molecule has 3 aromatic rings. The molecule has 30 heavy (non-hydrogen) atoms. The van der Waals surface area contributed by atoms with Gasteiger partial charge in [-0.3, -0.25) is 9.59 Å². The topological polar surface area (TPSA) is 71.8 Å². The first kappa shape index (κ1) is 21.4. The van der Waals surface area contributed by atoms with Crippen LogP contribution in [0.5, 0.6) is 5.75 Å². The van der Waals surface area contributed by atoms with Crippen LogP contribution in [-0.2, 0) is 0 Å². The summed E-state index contributed by atoms with van der Waals surface area (Å²) in [4.78, 5) is 28.1. The molecule has 0 aliphatic heterocycles. The van der Waals surface area contributed by atoms with Crippen molar-refractivity contribution in [3.05, 3.63) is 59.9 Å². The SMILES string of the molecule is CCCN(CCC)C(=O)c1oc2ccccc2c1NC(=O)c1ccccc1OCC. The molecular formula is C24H28N2O4. The van der Waals surface area contributed by atoms with Crippen molar-refractivity contribution >= 4 is 28.5 Å². The van der Waals surface area contributed by atoms with Gasteiger partial charge >= 0.3 is 0 Å². The summed E-state index contributed by atoms with van der Waals surface area (Å²) in [5, 5.41) is 3.60. The quantitative estimate of drug-likeness (QED) is 0.518. The second-order valence-electron chi connectivity index (χ2n) is 6.98. The van der Waals surface area contributed by atoms with Gasteiger partial charge in [-0.15, -0.1) is 0 Å². The average Bonchev–Trinajstić information content (AvgIpc) is 3.12. The number of carbonyl (C=O) groups is 2. The molecule has 1 aromatic heterocycles. The number of hydrogen-bond acceptors (Lipinski definition) is 4. The fraction of sp³-hybridized carbons (Fsp3) is 0.333. The molecule has 0 saturated carbocycles. The van der Waals surface area contributed by atoms with E-state index in [1.807, 2.05) is 45.0 Å². The van der Waals surface area contributed by atoms with E-state index < -0.39 is 0 Å². The molecule has 158 valence electrons. The highest BCUT2D eigenvalue weighted by atomic mass is 16.5. The maximum Gasteiger partial charge on any atom is 0.291 e. The minimum atomic E-state index is -0.350. The Labute approximate surface area is 176 Å². The molecule has 0 radical (unpaired) electrons. The smallest absolute Gasteiger partial charge is 0.291 e. The lowest BCUT2D eigenvalue weighted by molar-refractivity contribution is 0.0727. The zero-order valence-corrected chi connectivity index (χ0v) is 17.7. The lowest BCUT2D eigenvalue weighted by Gasteiger charge is -2.20. The Morgan fingerprint density at radius 2 is 1.63 bits per heavy atom. The summed E-state index contributed by atoms with van der Waals surface area (Å²) in [5.41, 5.74) is 1.35. The molecule has 0 bridgehead atoms. The highest BCUT2D eigenvalue weighted by Gasteiger charge is 2.26. The number of amides is 2. The first-order valence-corrected chi connectivity index (χ1v) is 10.4. The normalized spacial score (nSPS) is 10.8. The number of fused-ring (bicyclic) bond motifs is 1. The van der Waals surface area contributed by atoms with Gasteiger partial charge in [0.2, 0.25) is 5.76 Å². The molecular weight excluding hydrogens is 380 g/mol. The van der Waals surface area contributed by atoms with Crippen LogP contribution in [0.2, 0.25) is 0 Å². The van der Waals surface area contributed by atoms with E-state index in [0.29, 0.717) is 47.7 Å². The number of nitrogens with one attached hydrogen (secondary N) is 1. The van der Waals surface area contributed by atoms with E-state index in [4.69, 9.17) is 9.15 Å². The van der Waals surface area contributed by atoms with E-state index in [0.717, 1.165) is 12.8 Å². The summed E-state index contributed by atoms with van der Waals surface area (Å²) in [6.07, 6.45) is 1.69. The average molecular weight is 408 g/mol. The molecule has 1 heterocycles. The van der Waals surface area contributed by atoms with E-state index in [9.17, 15) is 9.59 Å². The Morgan fingerprint density at radius 1 is 0.967 bits per heavy atom. The van der Waals surface area contributed by atoms with E-state index in [1.54, 1.807) is 29.2 Å². The van der Waals surface area contributed by atoms with Crippen molar-refractivity contribution in [2.75, 3.05) is 25.0 Å². The maximum atomic E-state index is 13.3. The van der Waals surface area contributed by atoms with Crippen molar-refractivity contribution in [2.24, 2.45) is 0 Å². The first-order chi connectivity index (χ1) is 14.6. The standard InChI is InChI=1S/C24H28N2O4/c1-4-15-26(16-5-2)24(28)22-21(17-11-7-10-14-20(17)30-22)25-23(27)18-12-8-9-13-19(18)29-6-3/h7-14H,4-6,15-16H2,1-3H3,(H,25,27). The fourth-order valence-corrected chi connectivity index (χ4v) is 3.43. The Kier molecular flexibility index (Phi) is 7.12. The largest absolute Gasteiger partial charge is 0.493 e. The zero-order valence-electron chi connectivity index (χ0n) is 17.7. The molecule has 0 aliphatic rings. The highest BCUT2D eigenvalue weighted by Crippen LogP contribution is 2.33. The summed E-state index contributed by atoms with van der Waals surface area (Å²) in [6.45, 7) is 7.63. The van der Waals surface area contributed by atoms with Crippen LogP contribution in [0.25, 0.3) is 11.0 Å². The van der Waals surface area contributed by atoms with Gasteiger partial charge in [-0.05, 0) is 44.0 Å². The molecule has 6 nitrogen and oxygen atoms in total. The second-order valence-corrected chi connectivity index (χ2v) is 6.98. The number of benzene rings is 2. The number of furan rings is 1. The molecule has 6 heteroatoms. The van der Waals surface area contributed by atoms with Crippen LogP contribution in [0.15, 0.2) is 52.9 Å². The minimum Gasteiger partial charge on any atom is -0.493 e. The van der Waals surface area contributed by atoms with Crippen molar-refractivity contribution in [2.45, 2.75) is 33.6 Å². The van der Waals surface area contributed by atoms with E-state index in [1.165, 1.54) is 0 Å². The molecule has 0 atom stereocenters. The molecule has 2 amide bonds. The molecule has 0 spiro atoms. The third-order valence-electron chi connectivity index (χ3n) is 4.73. The Bertz CT molecular complexity index is 1020. The highest BCUT2D eigenvalue weighted by molar-refractivity contribution is 6.15. The Balaban J connectivity index is 2.02. The summed E-state index contributed by atoms with van der Waals surface area (Å²) < 4.78 is 11.5. The van der Waals surface area contributed by atoms with Crippen LogP contribution in [0.4, 0.5) is 5.69 Å². The summed E-state index contributed by atoms with van der Waals surface area (Å²) in [7, 11) is 0. The van der Waals surface area contributed by atoms with Crippen molar-refractivity contribution in [1.29, 1.82) is 0 Å². The monoisotopic (exact) mass is 408 g/mol. The van der Waals surface area contributed by atoms with Gasteiger partial charge in [-0.2, -0.15) is 0 Å². The second kappa shape index (κ2) is 9.96. The van der Waals surface area contributed by atoms with Crippen LogP contribution in [0, 0.1) is 0 Å². The summed E-state index contributed by atoms with van der Waals surface area (Å²) in [6, 6.07) is 14.4. The van der Waals surface area contributed by atoms with Crippen molar-refractivity contribution in [1.82, 2.24) is 4.90 Å². The minimum absolute atomic E-state index is 0.153. The first-order valence-electron chi connectivity index (χ1n) is 10.4. The zero-order chi connectivity index (χ0) is 21.5.